The maximum absolute atomic E-state index is 12.0. The number of ether oxygens (including phenoxy) is 1. The van der Waals surface area contributed by atoms with Gasteiger partial charge in [0.25, 0.3) is 0 Å². The van der Waals surface area contributed by atoms with Crippen LogP contribution < -0.4 is 10.6 Å². The van der Waals surface area contributed by atoms with Gasteiger partial charge in [0.15, 0.2) is 5.13 Å². The number of pyridine rings is 1. The van der Waals surface area contributed by atoms with Gasteiger partial charge in [0, 0.05) is 35.9 Å². The molecular weight excluding hydrogens is 396 g/mol. The summed E-state index contributed by atoms with van der Waals surface area (Å²) in [6.45, 7) is 1.21. The number of carbonyl (C=O) groups is 1. The molecule has 2 heterocycles. The molecule has 6 nitrogen and oxygen atoms in total. The van der Waals surface area contributed by atoms with E-state index in [0.29, 0.717) is 12.5 Å². The second-order valence-electron chi connectivity index (χ2n) is 7.58. The van der Waals surface area contributed by atoms with Gasteiger partial charge in [0.1, 0.15) is 6.61 Å². The molecule has 0 aliphatic heterocycles. The van der Waals surface area contributed by atoms with E-state index in [9.17, 15) is 4.79 Å². The smallest absolute Gasteiger partial charge is 0.407 e. The van der Waals surface area contributed by atoms with Gasteiger partial charge in [-0.3, -0.25) is 4.98 Å². The van der Waals surface area contributed by atoms with Crippen LogP contribution in [0.15, 0.2) is 60.2 Å². The lowest BCUT2D eigenvalue weighted by molar-refractivity contribution is 0.131. The molecule has 0 spiro atoms. The molecule has 3 aromatic rings. The minimum Gasteiger partial charge on any atom is -0.445 e. The van der Waals surface area contributed by atoms with E-state index in [1.54, 1.807) is 17.5 Å². The molecule has 0 saturated heterocycles. The van der Waals surface area contributed by atoms with Crippen molar-refractivity contribution in [2.45, 2.75) is 38.3 Å². The summed E-state index contributed by atoms with van der Waals surface area (Å²) in [5, 5.41) is 9.48. The van der Waals surface area contributed by atoms with Crippen molar-refractivity contribution in [3.63, 3.8) is 0 Å². The summed E-state index contributed by atoms with van der Waals surface area (Å²) < 4.78 is 5.33. The Morgan fingerprint density at radius 2 is 1.93 bits per heavy atom. The molecule has 1 aliphatic carbocycles. The van der Waals surface area contributed by atoms with Crippen molar-refractivity contribution < 1.29 is 9.53 Å². The molecule has 2 N–H and O–H groups in total. The number of rotatable bonds is 7. The van der Waals surface area contributed by atoms with E-state index < -0.39 is 0 Å². The zero-order valence-electron chi connectivity index (χ0n) is 16.8. The van der Waals surface area contributed by atoms with Gasteiger partial charge in [-0.05, 0) is 49.3 Å². The number of hydrogen-bond acceptors (Lipinski definition) is 6. The first kappa shape index (κ1) is 20.3. The molecule has 4 rings (SSSR count). The highest BCUT2D eigenvalue weighted by molar-refractivity contribution is 7.14. The number of anilines is 1. The number of nitrogens with one attached hydrogen (secondary N) is 2. The van der Waals surface area contributed by atoms with Crippen molar-refractivity contribution in [2.75, 3.05) is 11.9 Å². The van der Waals surface area contributed by atoms with Crippen LogP contribution in [-0.2, 0) is 11.3 Å². The van der Waals surface area contributed by atoms with Gasteiger partial charge in [-0.25, -0.2) is 9.78 Å². The van der Waals surface area contributed by atoms with Crippen LogP contribution in [0.3, 0.4) is 0 Å². The predicted octanol–water partition coefficient (Wildman–Crippen LogP) is 5.10. The molecule has 1 aliphatic rings. The van der Waals surface area contributed by atoms with Crippen LogP contribution in [0.1, 0.15) is 31.2 Å². The molecule has 0 bridgehead atoms. The van der Waals surface area contributed by atoms with Gasteiger partial charge in [0.2, 0.25) is 0 Å². The summed E-state index contributed by atoms with van der Waals surface area (Å²) in [6, 6.07) is 13.9. The average Bonchev–Trinajstić information content (AvgIpc) is 3.28. The Bertz CT molecular complexity index is 925. The van der Waals surface area contributed by atoms with Crippen molar-refractivity contribution in [3.05, 3.63) is 65.8 Å². The number of amides is 1. The largest absolute Gasteiger partial charge is 0.445 e. The van der Waals surface area contributed by atoms with E-state index in [1.807, 2.05) is 48.7 Å². The van der Waals surface area contributed by atoms with E-state index >= 15 is 0 Å². The standard InChI is InChI=1S/C23H26N4O2S/c28-23(29-15-18-5-2-1-3-6-18)26-20-10-8-17(9-11-20)13-25-22-27-21(16-30-22)19-7-4-12-24-14-19/h1-7,12,14,16-17,20H,8-11,13,15H2,(H,25,27)(H,26,28). The lowest BCUT2D eigenvalue weighted by Crippen LogP contribution is -2.38. The van der Waals surface area contributed by atoms with E-state index in [0.717, 1.165) is 54.2 Å². The topological polar surface area (TPSA) is 76.1 Å². The number of carbonyl (C=O) groups excluding carboxylic acids is 1. The molecule has 0 unspecified atom stereocenters. The zero-order chi connectivity index (χ0) is 20.6. The Hall–Kier alpha value is -2.93. The Balaban J connectivity index is 1.15. The highest BCUT2D eigenvalue weighted by atomic mass is 32.1. The van der Waals surface area contributed by atoms with Crippen molar-refractivity contribution in [1.29, 1.82) is 0 Å². The van der Waals surface area contributed by atoms with Gasteiger partial charge in [-0.15, -0.1) is 11.3 Å². The monoisotopic (exact) mass is 422 g/mol. The van der Waals surface area contributed by atoms with Crippen LogP contribution in [-0.4, -0.2) is 28.6 Å². The molecule has 1 amide bonds. The van der Waals surface area contributed by atoms with E-state index in [1.165, 1.54) is 0 Å². The highest BCUT2D eigenvalue weighted by Gasteiger charge is 2.23. The summed E-state index contributed by atoms with van der Waals surface area (Å²) in [4.78, 5) is 20.8. The number of benzene rings is 1. The Morgan fingerprint density at radius 3 is 2.70 bits per heavy atom. The van der Waals surface area contributed by atoms with E-state index in [2.05, 4.69) is 26.0 Å². The summed E-state index contributed by atoms with van der Waals surface area (Å²) in [5.74, 6) is 0.592. The summed E-state index contributed by atoms with van der Waals surface area (Å²) in [7, 11) is 0. The maximum Gasteiger partial charge on any atom is 0.407 e. The molecule has 156 valence electrons. The van der Waals surface area contributed by atoms with Crippen LogP contribution >= 0.6 is 11.3 Å². The molecule has 30 heavy (non-hydrogen) atoms. The van der Waals surface area contributed by atoms with Gasteiger partial charge >= 0.3 is 6.09 Å². The van der Waals surface area contributed by atoms with Crippen molar-refractivity contribution >= 4 is 22.6 Å². The fourth-order valence-corrected chi connectivity index (χ4v) is 4.41. The minimum absolute atomic E-state index is 0.196. The third-order valence-corrected chi connectivity index (χ3v) is 6.18. The van der Waals surface area contributed by atoms with Gasteiger partial charge in [0.05, 0.1) is 5.69 Å². The molecule has 1 fully saturated rings. The van der Waals surface area contributed by atoms with Crippen LogP contribution in [0.25, 0.3) is 11.3 Å². The summed E-state index contributed by atoms with van der Waals surface area (Å²) in [5.41, 5.74) is 2.99. The van der Waals surface area contributed by atoms with Crippen LogP contribution in [0, 0.1) is 5.92 Å². The van der Waals surface area contributed by atoms with Crippen molar-refractivity contribution in [2.24, 2.45) is 5.92 Å². The van der Waals surface area contributed by atoms with Gasteiger partial charge < -0.3 is 15.4 Å². The molecule has 2 aromatic heterocycles. The van der Waals surface area contributed by atoms with Gasteiger partial charge in [-0.1, -0.05) is 30.3 Å². The predicted molar refractivity (Wildman–Crippen MR) is 119 cm³/mol. The van der Waals surface area contributed by atoms with Crippen LogP contribution in [0.5, 0.6) is 0 Å². The highest BCUT2D eigenvalue weighted by Crippen LogP contribution is 2.27. The minimum atomic E-state index is -0.328. The SMILES string of the molecule is O=C(NC1CCC(CNc2nc(-c3cccnc3)cs2)CC1)OCc1ccccc1. The normalized spacial score (nSPS) is 18.5. The van der Waals surface area contributed by atoms with Crippen LogP contribution in [0.4, 0.5) is 9.93 Å². The number of hydrogen-bond donors (Lipinski definition) is 2. The summed E-state index contributed by atoms with van der Waals surface area (Å²) >= 11 is 1.62. The second kappa shape index (κ2) is 10.2. The van der Waals surface area contributed by atoms with E-state index in [4.69, 9.17) is 4.74 Å². The third kappa shape index (κ3) is 5.79. The van der Waals surface area contributed by atoms with E-state index in [-0.39, 0.29) is 12.1 Å². The fourth-order valence-electron chi connectivity index (χ4n) is 3.68. The molecule has 0 atom stereocenters. The third-order valence-electron chi connectivity index (χ3n) is 5.38. The molecule has 1 aromatic carbocycles. The molecule has 1 saturated carbocycles. The van der Waals surface area contributed by atoms with Gasteiger partial charge in [-0.2, -0.15) is 0 Å². The molecule has 7 heteroatoms. The fraction of sp³-hybridized carbons (Fsp3) is 0.348. The lowest BCUT2D eigenvalue weighted by Gasteiger charge is -2.28. The average molecular weight is 423 g/mol. The first-order valence-corrected chi connectivity index (χ1v) is 11.2. The lowest BCUT2D eigenvalue weighted by atomic mass is 9.86. The quantitative estimate of drug-likeness (QED) is 0.554. The zero-order valence-corrected chi connectivity index (χ0v) is 17.6. The van der Waals surface area contributed by atoms with Crippen molar-refractivity contribution in [1.82, 2.24) is 15.3 Å². The number of alkyl carbamates (subject to hydrolysis) is 1. The van der Waals surface area contributed by atoms with Crippen LogP contribution in [0.2, 0.25) is 0 Å². The first-order valence-electron chi connectivity index (χ1n) is 10.3. The second-order valence-corrected chi connectivity index (χ2v) is 8.44. The molecular formula is C23H26N4O2S. The summed E-state index contributed by atoms with van der Waals surface area (Å²) in [6.07, 6.45) is 7.39. The first-order chi connectivity index (χ1) is 14.8. The molecule has 0 radical (unpaired) electrons. The van der Waals surface area contributed by atoms with Crippen molar-refractivity contribution in [3.8, 4) is 11.3 Å². The Morgan fingerprint density at radius 1 is 1.10 bits per heavy atom. The maximum atomic E-state index is 12.0. The Kier molecular flexibility index (Phi) is 6.92. The number of thiazole rings is 1. The number of aromatic nitrogens is 2. The number of nitrogens with zero attached hydrogens (tertiary/aromatic N) is 2. The Labute approximate surface area is 180 Å².